The molecular weight excluding hydrogens is 1190 g/mol. The van der Waals surface area contributed by atoms with Crippen molar-refractivity contribution < 1.29 is 62.2 Å². The lowest BCUT2D eigenvalue weighted by molar-refractivity contribution is 0.0970. The minimum Gasteiger partial charge on any atom is -0.495 e. The average molecular weight is 1230 g/mol. The van der Waals surface area contributed by atoms with E-state index in [1.165, 1.54) is 42.6 Å². The summed E-state index contributed by atoms with van der Waals surface area (Å²) >= 11 is 6.59. The molecule has 4 aliphatic rings. The summed E-state index contributed by atoms with van der Waals surface area (Å²) in [5.74, 6) is 0.608. The molecule has 0 bridgehead atoms. The molecule has 0 aliphatic heterocycles. The molecule has 18 heteroatoms. The molecule has 15 rings (SSSR count). The van der Waals surface area contributed by atoms with Gasteiger partial charge in [0.2, 0.25) is 23.1 Å². The number of ether oxygens (including phenoxy) is 3. The first-order valence-corrected chi connectivity index (χ1v) is 30.6. The Bertz CT molecular complexity index is 4520. The maximum Gasteiger partial charge on any atom is 0.204 e. The highest BCUT2D eigenvalue weighted by molar-refractivity contribution is 7.18. The molecule has 86 heavy (non-hydrogen) atoms. The van der Waals surface area contributed by atoms with Gasteiger partial charge in [0.25, 0.3) is 0 Å². The fraction of sp³-hybridized carbons (Fsp3) is 0.0882. The molecule has 6 aromatic carbocycles. The van der Waals surface area contributed by atoms with Crippen molar-refractivity contribution in [1.82, 2.24) is 0 Å². The third-order valence-electron chi connectivity index (χ3n) is 14.4. The fourth-order valence-corrected chi connectivity index (χ4v) is 15.1. The van der Waals surface area contributed by atoms with Crippen LogP contribution in [0.25, 0.3) is 20.9 Å². The molecule has 11 aromatic rings. The zero-order valence-corrected chi connectivity index (χ0v) is 50.2. The molecule has 0 fully saturated rings. The Hall–Kier alpha value is -9.40. The van der Waals surface area contributed by atoms with Crippen LogP contribution in [-0.2, 0) is 11.3 Å². The second-order valence-corrected chi connectivity index (χ2v) is 24.2. The highest BCUT2D eigenvalue weighted by Gasteiger charge is 2.36. The third-order valence-corrected chi connectivity index (χ3v) is 19.4. The minimum absolute atomic E-state index is 0.0322. The van der Waals surface area contributed by atoms with Gasteiger partial charge in [0.15, 0.2) is 34.7 Å². The summed E-state index contributed by atoms with van der Waals surface area (Å²) in [5, 5.41) is 10.5. The second-order valence-electron chi connectivity index (χ2n) is 19.5. The van der Waals surface area contributed by atoms with E-state index in [4.69, 9.17) is 14.2 Å². The zero-order chi connectivity index (χ0) is 60.7. The van der Waals surface area contributed by atoms with E-state index in [2.05, 4.69) is 23.6 Å². The van der Waals surface area contributed by atoms with Crippen LogP contribution in [-0.4, -0.2) is 79.2 Å². The van der Waals surface area contributed by atoms with Crippen LogP contribution < -0.4 is 9.47 Å². The van der Waals surface area contributed by atoms with Gasteiger partial charge in [-0.25, -0.2) is 0 Å². The molecule has 5 aromatic heterocycles. The number of fused-ring (bicyclic) bond motifs is 10. The van der Waals surface area contributed by atoms with Gasteiger partial charge in [0.1, 0.15) is 11.5 Å². The van der Waals surface area contributed by atoms with Gasteiger partial charge in [-0.05, 0) is 71.9 Å². The van der Waals surface area contributed by atoms with Crippen molar-refractivity contribution in [3.05, 3.63) is 263 Å². The van der Waals surface area contributed by atoms with Gasteiger partial charge in [0.05, 0.1) is 55.5 Å². The lowest BCUT2D eigenvalue weighted by atomic mass is 9.87. The molecule has 0 saturated carbocycles. The number of hydrogen-bond acceptors (Lipinski definition) is 18. The van der Waals surface area contributed by atoms with Crippen LogP contribution >= 0.6 is 56.7 Å². The largest absolute Gasteiger partial charge is 0.495 e. The van der Waals surface area contributed by atoms with Gasteiger partial charge in [-0.2, -0.15) is 0 Å². The van der Waals surface area contributed by atoms with E-state index in [0.717, 1.165) is 60.6 Å². The van der Waals surface area contributed by atoms with Crippen molar-refractivity contribution in [2.75, 3.05) is 21.3 Å². The number of benzene rings is 6. The number of methoxy groups -OCH3 is 3. The molecular formula is C68H44O13S5. The predicted molar refractivity (Wildman–Crippen MR) is 334 cm³/mol. The molecule has 424 valence electrons. The maximum absolute atomic E-state index is 12.3. The monoisotopic (exact) mass is 1230 g/mol. The van der Waals surface area contributed by atoms with Crippen molar-refractivity contribution in [3.8, 4) is 11.5 Å². The number of rotatable bonds is 6. The van der Waals surface area contributed by atoms with Gasteiger partial charge in [-0.15, -0.1) is 56.7 Å². The molecule has 0 amide bonds. The lowest BCUT2D eigenvalue weighted by Crippen LogP contribution is -2.20. The van der Waals surface area contributed by atoms with Crippen molar-refractivity contribution in [2.45, 2.75) is 20.5 Å². The van der Waals surface area contributed by atoms with E-state index in [0.29, 0.717) is 97.8 Å². The topological polar surface area (TPSA) is 198 Å². The summed E-state index contributed by atoms with van der Waals surface area (Å²) in [5.41, 5.74) is 6.63. The molecule has 0 spiro atoms. The van der Waals surface area contributed by atoms with Crippen molar-refractivity contribution >= 4 is 135 Å². The van der Waals surface area contributed by atoms with Crippen LogP contribution in [0.5, 0.6) is 11.5 Å². The van der Waals surface area contributed by atoms with Crippen LogP contribution in [0.15, 0.2) is 161 Å². The SMILES string of the molecule is CC(=O)c1cc2c(s1)C(=O)c1ccccc1C2=O.CC(=O)c1csc2c1C(=O)c1ccccc1C2=O.COCc1ccc2c(c1)C(=O)c1sccc1C2=O.COc1c2ccccc2c(OC)c2sccc12.O=C1c2ccccc2C(=O)c2sccc21. The molecule has 4 aliphatic carbocycles. The van der Waals surface area contributed by atoms with Gasteiger partial charge >= 0.3 is 0 Å². The number of carbonyl (C=O) groups excluding carboxylic acids is 10. The van der Waals surface area contributed by atoms with Gasteiger partial charge < -0.3 is 14.2 Å². The standard InChI is InChI=1S/C14H10O3S.2C14H8O3S.C14H12O2S.C12H6O2S/c1-17-7-8-2-3-9-11(6-8)13(16)14-10(12(9)15)4-5-18-14;1-7(15)11-6-10-12(16)8-4-2-3-5-9(8)13(17)14(10)18-11;1-7(15)10-6-18-14-11(10)12(16)8-4-2-3-5-9(8)13(14)17;1-15-12-9-5-3-4-6-10(9)13(16-2)14-11(12)7-8-17-14;13-10-7-3-1-2-4-8(7)11(14)12-9(10)5-6-15-12/h2-6H,7H2,1H3;2*2-6H,1H3;3-8H,1-2H3;1-6H. The molecule has 0 unspecified atom stereocenters. The normalized spacial score (nSPS) is 12.8. The summed E-state index contributed by atoms with van der Waals surface area (Å²) < 4.78 is 17.3. The fourth-order valence-electron chi connectivity index (χ4n) is 10.4. The summed E-state index contributed by atoms with van der Waals surface area (Å²) in [4.78, 5) is 123. The lowest BCUT2D eigenvalue weighted by Gasteiger charge is -2.15. The molecule has 0 radical (unpaired) electrons. The third kappa shape index (κ3) is 10.3. The first kappa shape index (κ1) is 58.4. The quantitative estimate of drug-likeness (QED) is 0.143. The van der Waals surface area contributed by atoms with E-state index < -0.39 is 0 Å². The molecule has 5 heterocycles. The Labute approximate surface area is 510 Å². The van der Waals surface area contributed by atoms with Gasteiger partial charge in [0, 0.05) is 95.4 Å². The Morgan fingerprint density at radius 1 is 0.384 bits per heavy atom. The van der Waals surface area contributed by atoms with Crippen molar-refractivity contribution in [3.63, 3.8) is 0 Å². The highest BCUT2D eigenvalue weighted by Crippen LogP contribution is 2.45. The number of carbonyl (C=O) groups is 10. The van der Waals surface area contributed by atoms with E-state index in [9.17, 15) is 47.9 Å². The van der Waals surface area contributed by atoms with E-state index >= 15 is 0 Å². The maximum atomic E-state index is 12.3. The van der Waals surface area contributed by atoms with Crippen LogP contribution in [0.3, 0.4) is 0 Å². The Balaban J connectivity index is 0.000000112. The molecule has 0 atom stereocenters. The van der Waals surface area contributed by atoms with Gasteiger partial charge in [-0.1, -0.05) is 103 Å². The highest BCUT2D eigenvalue weighted by atomic mass is 32.1. The van der Waals surface area contributed by atoms with E-state index in [1.54, 1.807) is 146 Å². The van der Waals surface area contributed by atoms with Crippen LogP contribution in [0.4, 0.5) is 0 Å². The number of thiophene rings is 5. The Morgan fingerprint density at radius 3 is 1.36 bits per heavy atom. The number of Topliss-reactive ketones (excluding diaryl/α,β-unsaturated/α-hetero) is 2. The van der Waals surface area contributed by atoms with E-state index in [1.807, 2.05) is 18.2 Å². The van der Waals surface area contributed by atoms with Crippen LogP contribution in [0.2, 0.25) is 0 Å². The Kier molecular flexibility index (Phi) is 16.5. The molecule has 0 N–H and O–H groups in total. The molecule has 13 nitrogen and oxygen atoms in total. The summed E-state index contributed by atoms with van der Waals surface area (Å²) in [7, 11) is 5.03. The second kappa shape index (κ2) is 24.3. The smallest absolute Gasteiger partial charge is 0.204 e. The first-order valence-electron chi connectivity index (χ1n) is 26.3. The van der Waals surface area contributed by atoms with Crippen molar-refractivity contribution in [2.24, 2.45) is 0 Å². The van der Waals surface area contributed by atoms with Crippen LogP contribution in [0, 0.1) is 0 Å². The van der Waals surface area contributed by atoms with Crippen molar-refractivity contribution in [1.29, 1.82) is 0 Å². The minimum atomic E-state index is -0.230. The summed E-state index contributed by atoms with van der Waals surface area (Å²) in [6.45, 7) is 3.27. The predicted octanol–water partition coefficient (Wildman–Crippen LogP) is 14.7. The van der Waals surface area contributed by atoms with Gasteiger partial charge in [-0.3, -0.25) is 47.9 Å². The first-order chi connectivity index (χ1) is 41.6. The summed E-state index contributed by atoms with van der Waals surface area (Å²) in [6.07, 6.45) is 0. The molecule has 0 saturated heterocycles. The van der Waals surface area contributed by atoms with E-state index in [-0.39, 0.29) is 63.4 Å². The summed E-state index contributed by atoms with van der Waals surface area (Å²) in [6, 6.07) is 40.9. The zero-order valence-electron chi connectivity index (χ0n) is 46.1. The number of hydrogen-bond donors (Lipinski definition) is 0. The number of ketones is 10. The Morgan fingerprint density at radius 2 is 0.837 bits per heavy atom. The van der Waals surface area contributed by atoms with Crippen LogP contribution in [0.1, 0.15) is 164 Å². The average Bonchev–Trinajstić information content (AvgIpc) is 3.66.